The Labute approximate surface area is 178 Å². The van der Waals surface area contributed by atoms with Crippen LogP contribution in [0.1, 0.15) is 16.1 Å². The molecule has 6 nitrogen and oxygen atoms in total. The first-order valence-electron chi connectivity index (χ1n) is 8.88. The largest absolute Gasteiger partial charge is 0.496 e. The number of aromatic nitrogens is 4. The number of rotatable bonds is 5. The highest BCUT2D eigenvalue weighted by Gasteiger charge is 2.20. The standard InChI is InChI=1S/C21H15BrF2N4O2/c1-28-10-12-19(22)11(8-14(24)20(12)27-28)9-16(29)15-6-7-25-21(26-15)18-13(23)4-3-5-17(18)30-2/h3-8,10H,9H2,1-2H3. The predicted molar refractivity (Wildman–Crippen MR) is 110 cm³/mol. The Morgan fingerprint density at radius 1 is 1.23 bits per heavy atom. The Hall–Kier alpha value is -3.20. The van der Waals surface area contributed by atoms with Gasteiger partial charge < -0.3 is 4.74 Å². The molecule has 4 aromatic rings. The number of hydrogen-bond acceptors (Lipinski definition) is 5. The van der Waals surface area contributed by atoms with E-state index < -0.39 is 11.6 Å². The normalized spacial score (nSPS) is 11.1. The lowest BCUT2D eigenvalue weighted by Gasteiger charge is -2.09. The van der Waals surface area contributed by atoms with Gasteiger partial charge in [0.1, 0.15) is 22.8 Å². The lowest BCUT2D eigenvalue weighted by molar-refractivity contribution is 0.0988. The first-order chi connectivity index (χ1) is 14.4. The average molecular weight is 473 g/mol. The van der Waals surface area contributed by atoms with Gasteiger partial charge in [0.15, 0.2) is 17.4 Å². The number of fused-ring (bicyclic) bond motifs is 1. The highest BCUT2D eigenvalue weighted by Crippen LogP contribution is 2.31. The van der Waals surface area contributed by atoms with Gasteiger partial charge in [0.2, 0.25) is 0 Å². The van der Waals surface area contributed by atoms with Crippen molar-refractivity contribution in [2.45, 2.75) is 6.42 Å². The molecular weight excluding hydrogens is 458 g/mol. The number of carbonyl (C=O) groups excluding carboxylic acids is 1. The van der Waals surface area contributed by atoms with E-state index in [1.165, 1.54) is 42.3 Å². The van der Waals surface area contributed by atoms with Gasteiger partial charge in [0, 0.05) is 35.7 Å². The second kappa shape index (κ2) is 7.91. The van der Waals surface area contributed by atoms with Crippen LogP contribution in [0.5, 0.6) is 5.75 Å². The van der Waals surface area contributed by atoms with Crippen LogP contribution in [-0.2, 0) is 13.5 Å². The van der Waals surface area contributed by atoms with E-state index in [9.17, 15) is 13.6 Å². The summed E-state index contributed by atoms with van der Waals surface area (Å²) in [7, 11) is 3.10. The van der Waals surface area contributed by atoms with Gasteiger partial charge in [-0.05, 0) is 45.8 Å². The molecule has 30 heavy (non-hydrogen) atoms. The fourth-order valence-corrected chi connectivity index (χ4v) is 3.75. The molecule has 2 heterocycles. The van der Waals surface area contributed by atoms with Gasteiger partial charge in [0.25, 0.3) is 0 Å². The summed E-state index contributed by atoms with van der Waals surface area (Å²) in [6.45, 7) is 0. The van der Waals surface area contributed by atoms with Crippen LogP contribution in [0.4, 0.5) is 8.78 Å². The van der Waals surface area contributed by atoms with Crippen molar-refractivity contribution in [2.24, 2.45) is 7.05 Å². The summed E-state index contributed by atoms with van der Waals surface area (Å²) in [5.41, 5.74) is 0.834. The summed E-state index contributed by atoms with van der Waals surface area (Å²) >= 11 is 3.44. The van der Waals surface area contributed by atoms with Gasteiger partial charge >= 0.3 is 0 Å². The molecule has 0 saturated heterocycles. The van der Waals surface area contributed by atoms with Crippen LogP contribution < -0.4 is 4.74 Å². The molecule has 0 aliphatic rings. The van der Waals surface area contributed by atoms with Crippen molar-refractivity contribution in [2.75, 3.05) is 7.11 Å². The number of halogens is 3. The second-order valence-electron chi connectivity index (χ2n) is 6.58. The molecule has 0 radical (unpaired) electrons. The number of Topliss-reactive ketones (excluding diaryl/α,β-unsaturated/α-hetero) is 1. The summed E-state index contributed by atoms with van der Waals surface area (Å²) in [6.07, 6.45) is 2.94. The van der Waals surface area contributed by atoms with Crippen LogP contribution >= 0.6 is 15.9 Å². The molecule has 2 aromatic carbocycles. The van der Waals surface area contributed by atoms with Crippen LogP contribution in [0.25, 0.3) is 22.3 Å². The minimum absolute atomic E-state index is 0.0313. The van der Waals surface area contributed by atoms with Crippen molar-refractivity contribution in [3.8, 4) is 17.1 Å². The third-order valence-electron chi connectivity index (χ3n) is 4.59. The first kappa shape index (κ1) is 20.1. The fraction of sp³-hybridized carbons (Fsp3) is 0.143. The number of aryl methyl sites for hydroxylation is 1. The van der Waals surface area contributed by atoms with Crippen molar-refractivity contribution in [3.05, 3.63) is 70.1 Å². The predicted octanol–water partition coefficient (Wildman–Crippen LogP) is 4.51. The maximum atomic E-state index is 14.4. The van der Waals surface area contributed by atoms with E-state index in [0.29, 0.717) is 15.4 Å². The molecule has 0 fully saturated rings. The summed E-state index contributed by atoms with van der Waals surface area (Å²) in [4.78, 5) is 21.2. The number of carbonyl (C=O) groups is 1. The zero-order chi connectivity index (χ0) is 21.4. The number of ketones is 1. The molecular formula is C21H15BrF2N4O2. The maximum Gasteiger partial charge on any atom is 0.185 e. The zero-order valence-corrected chi connectivity index (χ0v) is 17.6. The molecule has 2 aromatic heterocycles. The van der Waals surface area contributed by atoms with E-state index in [0.717, 1.165) is 0 Å². The Morgan fingerprint density at radius 2 is 2.03 bits per heavy atom. The average Bonchev–Trinajstić information content (AvgIpc) is 3.14. The third kappa shape index (κ3) is 3.56. The number of benzene rings is 2. The van der Waals surface area contributed by atoms with E-state index in [-0.39, 0.29) is 40.6 Å². The number of ether oxygens (including phenoxy) is 1. The first-order valence-corrected chi connectivity index (χ1v) is 9.67. The monoisotopic (exact) mass is 472 g/mol. The van der Waals surface area contributed by atoms with Crippen molar-refractivity contribution in [1.29, 1.82) is 0 Å². The summed E-state index contributed by atoms with van der Waals surface area (Å²) in [5.74, 6) is -1.16. The van der Waals surface area contributed by atoms with E-state index in [1.54, 1.807) is 19.3 Å². The van der Waals surface area contributed by atoms with Crippen LogP contribution in [0.15, 0.2) is 47.2 Å². The van der Waals surface area contributed by atoms with Crippen LogP contribution in [-0.4, -0.2) is 32.6 Å². The molecule has 0 aliphatic carbocycles. The molecule has 9 heteroatoms. The Morgan fingerprint density at radius 3 is 2.80 bits per heavy atom. The molecule has 0 amide bonds. The van der Waals surface area contributed by atoms with Crippen LogP contribution in [0, 0.1) is 11.6 Å². The zero-order valence-electron chi connectivity index (χ0n) is 16.0. The summed E-state index contributed by atoms with van der Waals surface area (Å²) in [5, 5.41) is 4.65. The highest BCUT2D eigenvalue weighted by atomic mass is 79.9. The van der Waals surface area contributed by atoms with Gasteiger partial charge in [-0.1, -0.05) is 6.07 Å². The molecule has 0 N–H and O–H groups in total. The maximum absolute atomic E-state index is 14.4. The molecule has 0 unspecified atom stereocenters. The molecule has 0 atom stereocenters. The summed E-state index contributed by atoms with van der Waals surface area (Å²) in [6, 6.07) is 7.07. The smallest absolute Gasteiger partial charge is 0.185 e. The van der Waals surface area contributed by atoms with Crippen molar-refractivity contribution in [1.82, 2.24) is 19.7 Å². The SMILES string of the molecule is COc1cccc(F)c1-c1nccc(C(=O)Cc2cc(F)c3nn(C)cc3c2Br)n1. The molecule has 0 saturated carbocycles. The molecule has 0 bridgehead atoms. The Balaban J connectivity index is 1.70. The van der Waals surface area contributed by atoms with Crippen molar-refractivity contribution >= 4 is 32.6 Å². The van der Waals surface area contributed by atoms with Crippen LogP contribution in [0.2, 0.25) is 0 Å². The van der Waals surface area contributed by atoms with Gasteiger partial charge in [0.05, 0.1) is 12.7 Å². The van der Waals surface area contributed by atoms with Crippen molar-refractivity contribution < 1.29 is 18.3 Å². The van der Waals surface area contributed by atoms with E-state index in [4.69, 9.17) is 4.74 Å². The third-order valence-corrected chi connectivity index (χ3v) is 5.52. The van der Waals surface area contributed by atoms with E-state index in [1.807, 2.05) is 0 Å². The number of nitrogens with zero attached hydrogens (tertiary/aromatic N) is 4. The highest BCUT2D eigenvalue weighted by molar-refractivity contribution is 9.10. The topological polar surface area (TPSA) is 69.9 Å². The van der Waals surface area contributed by atoms with Crippen LogP contribution in [0.3, 0.4) is 0 Å². The second-order valence-corrected chi connectivity index (χ2v) is 7.37. The minimum Gasteiger partial charge on any atom is -0.496 e. The minimum atomic E-state index is -0.564. The quantitative estimate of drug-likeness (QED) is 0.399. The van der Waals surface area contributed by atoms with E-state index >= 15 is 0 Å². The van der Waals surface area contributed by atoms with Crippen molar-refractivity contribution in [3.63, 3.8) is 0 Å². The lowest BCUT2D eigenvalue weighted by Crippen LogP contribution is -2.09. The summed E-state index contributed by atoms with van der Waals surface area (Å²) < 4.78 is 36.0. The van der Waals surface area contributed by atoms with Gasteiger partial charge in [-0.3, -0.25) is 9.48 Å². The molecule has 152 valence electrons. The number of methoxy groups -OCH3 is 1. The molecule has 0 spiro atoms. The van der Waals surface area contributed by atoms with E-state index in [2.05, 4.69) is 31.0 Å². The van der Waals surface area contributed by atoms with Gasteiger partial charge in [-0.25, -0.2) is 18.7 Å². The van der Waals surface area contributed by atoms with Gasteiger partial charge in [-0.2, -0.15) is 5.10 Å². The fourth-order valence-electron chi connectivity index (χ4n) is 3.20. The molecule has 0 aliphatic heterocycles. The molecule has 4 rings (SSSR count). The Bertz CT molecular complexity index is 1290. The van der Waals surface area contributed by atoms with Gasteiger partial charge in [-0.15, -0.1) is 0 Å². The Kier molecular flexibility index (Phi) is 5.29. The lowest BCUT2D eigenvalue weighted by atomic mass is 10.0. The number of hydrogen-bond donors (Lipinski definition) is 0.